The average molecular weight is 270 g/mol. The highest BCUT2D eigenvalue weighted by Gasteiger charge is 2.13. The minimum atomic E-state index is -0.118. The quantitative estimate of drug-likeness (QED) is 0.830. The summed E-state index contributed by atoms with van der Waals surface area (Å²) in [6.45, 7) is 4.03. The molecule has 5 nitrogen and oxygen atoms in total. The molecule has 1 aromatic rings. The van der Waals surface area contributed by atoms with Crippen LogP contribution in [0.5, 0.6) is 0 Å². The van der Waals surface area contributed by atoms with Crippen LogP contribution in [-0.2, 0) is 7.05 Å². The number of thioether (sulfide) groups is 1. The van der Waals surface area contributed by atoms with Gasteiger partial charge in [-0.3, -0.25) is 4.68 Å². The lowest BCUT2D eigenvalue weighted by Crippen LogP contribution is -2.43. The number of urea groups is 1. The molecule has 0 spiro atoms. The van der Waals surface area contributed by atoms with E-state index in [4.69, 9.17) is 0 Å². The number of hydrogen-bond acceptors (Lipinski definition) is 3. The molecule has 0 aliphatic rings. The molecule has 2 amide bonds. The third kappa shape index (κ3) is 4.60. The minimum absolute atomic E-state index is 0.0366. The SMILES string of the molecule is CC[C@@H](CSC)NC(=O)N[C@@H](C)c1cnn(C)c1. The molecule has 0 aliphatic carbocycles. The van der Waals surface area contributed by atoms with Crippen LogP contribution >= 0.6 is 11.8 Å². The molecule has 1 aromatic heterocycles. The van der Waals surface area contributed by atoms with Crippen LogP contribution in [0.2, 0.25) is 0 Å². The smallest absolute Gasteiger partial charge is 0.315 e. The van der Waals surface area contributed by atoms with E-state index in [-0.39, 0.29) is 18.1 Å². The van der Waals surface area contributed by atoms with Gasteiger partial charge in [0, 0.05) is 30.6 Å². The molecule has 0 fully saturated rings. The molecule has 1 rings (SSSR count). The van der Waals surface area contributed by atoms with E-state index in [0.717, 1.165) is 17.7 Å². The molecule has 18 heavy (non-hydrogen) atoms. The van der Waals surface area contributed by atoms with E-state index in [9.17, 15) is 4.79 Å². The number of aromatic nitrogens is 2. The summed E-state index contributed by atoms with van der Waals surface area (Å²) in [6.07, 6.45) is 6.66. The average Bonchev–Trinajstić information content (AvgIpc) is 2.75. The number of rotatable bonds is 6. The Balaban J connectivity index is 2.44. The van der Waals surface area contributed by atoms with Crippen LogP contribution in [0, 0.1) is 0 Å². The minimum Gasteiger partial charge on any atom is -0.335 e. The van der Waals surface area contributed by atoms with Crippen molar-refractivity contribution in [3.8, 4) is 0 Å². The number of carbonyl (C=O) groups is 1. The van der Waals surface area contributed by atoms with Crippen molar-refractivity contribution in [2.75, 3.05) is 12.0 Å². The van der Waals surface area contributed by atoms with Gasteiger partial charge in [-0.2, -0.15) is 16.9 Å². The van der Waals surface area contributed by atoms with Crippen LogP contribution < -0.4 is 10.6 Å². The van der Waals surface area contributed by atoms with Crippen LogP contribution in [0.15, 0.2) is 12.4 Å². The lowest BCUT2D eigenvalue weighted by Gasteiger charge is -2.18. The number of nitrogens with zero attached hydrogens (tertiary/aromatic N) is 2. The molecule has 102 valence electrons. The van der Waals surface area contributed by atoms with Gasteiger partial charge in [-0.25, -0.2) is 4.79 Å². The highest BCUT2D eigenvalue weighted by atomic mass is 32.2. The van der Waals surface area contributed by atoms with Gasteiger partial charge in [-0.15, -0.1) is 0 Å². The Morgan fingerprint density at radius 3 is 2.78 bits per heavy atom. The van der Waals surface area contributed by atoms with E-state index in [2.05, 4.69) is 22.7 Å². The zero-order valence-corrected chi connectivity index (χ0v) is 12.3. The maximum absolute atomic E-state index is 11.8. The second kappa shape index (κ2) is 7.31. The second-order valence-corrected chi connectivity index (χ2v) is 5.26. The van der Waals surface area contributed by atoms with Crippen LogP contribution in [0.1, 0.15) is 31.9 Å². The Morgan fingerprint density at radius 1 is 1.56 bits per heavy atom. The second-order valence-electron chi connectivity index (χ2n) is 4.35. The zero-order chi connectivity index (χ0) is 13.5. The van der Waals surface area contributed by atoms with Crippen molar-refractivity contribution in [3.63, 3.8) is 0 Å². The normalized spacial score (nSPS) is 14.0. The molecule has 0 aromatic carbocycles. The summed E-state index contributed by atoms with van der Waals surface area (Å²) < 4.78 is 1.73. The molecule has 0 saturated carbocycles. The molecule has 6 heteroatoms. The summed E-state index contributed by atoms with van der Waals surface area (Å²) in [4.78, 5) is 11.8. The molecular weight excluding hydrogens is 248 g/mol. The number of hydrogen-bond donors (Lipinski definition) is 2. The van der Waals surface area contributed by atoms with Gasteiger partial charge in [0.25, 0.3) is 0 Å². The number of carbonyl (C=O) groups excluding carboxylic acids is 1. The van der Waals surface area contributed by atoms with E-state index in [1.54, 1.807) is 22.6 Å². The van der Waals surface area contributed by atoms with E-state index >= 15 is 0 Å². The Morgan fingerprint density at radius 2 is 2.28 bits per heavy atom. The topological polar surface area (TPSA) is 59.0 Å². The van der Waals surface area contributed by atoms with Crippen LogP contribution in [0.4, 0.5) is 4.79 Å². The molecule has 0 bridgehead atoms. The maximum atomic E-state index is 11.8. The Hall–Kier alpha value is -1.17. The Kier molecular flexibility index (Phi) is 6.04. The first-order valence-electron chi connectivity index (χ1n) is 6.11. The third-order valence-corrected chi connectivity index (χ3v) is 3.50. The van der Waals surface area contributed by atoms with E-state index in [0.29, 0.717) is 0 Å². The monoisotopic (exact) mass is 270 g/mol. The van der Waals surface area contributed by atoms with Gasteiger partial charge in [-0.1, -0.05) is 6.92 Å². The Bertz CT molecular complexity index is 380. The first-order valence-corrected chi connectivity index (χ1v) is 7.50. The summed E-state index contributed by atoms with van der Waals surface area (Å²) >= 11 is 1.74. The van der Waals surface area contributed by atoms with Gasteiger partial charge < -0.3 is 10.6 Å². The van der Waals surface area contributed by atoms with Crippen LogP contribution in [0.25, 0.3) is 0 Å². The summed E-state index contributed by atoms with van der Waals surface area (Å²) in [5.41, 5.74) is 1.01. The fourth-order valence-corrected chi connectivity index (χ4v) is 2.35. The van der Waals surface area contributed by atoms with Crippen molar-refractivity contribution in [2.24, 2.45) is 7.05 Å². The molecule has 2 atom stereocenters. The standard InChI is InChI=1S/C12H22N4OS/c1-5-11(8-18-4)15-12(17)14-9(2)10-6-13-16(3)7-10/h6-7,9,11H,5,8H2,1-4H3,(H2,14,15,17)/t9-,11-/m0/s1. The number of aryl methyl sites for hydroxylation is 1. The van der Waals surface area contributed by atoms with E-state index in [1.165, 1.54) is 0 Å². The maximum Gasteiger partial charge on any atom is 0.315 e. The molecule has 0 unspecified atom stereocenters. The van der Waals surface area contributed by atoms with E-state index in [1.807, 2.05) is 26.4 Å². The Labute approximate surface area is 113 Å². The van der Waals surface area contributed by atoms with Crippen molar-refractivity contribution in [2.45, 2.75) is 32.4 Å². The first kappa shape index (κ1) is 14.9. The summed E-state index contributed by atoms with van der Waals surface area (Å²) in [6, 6.07) is 0.0684. The molecule has 2 N–H and O–H groups in total. The van der Waals surface area contributed by atoms with Gasteiger partial charge >= 0.3 is 6.03 Å². The largest absolute Gasteiger partial charge is 0.335 e. The van der Waals surface area contributed by atoms with E-state index < -0.39 is 0 Å². The van der Waals surface area contributed by atoms with Gasteiger partial charge in [0.15, 0.2) is 0 Å². The fourth-order valence-electron chi connectivity index (χ4n) is 1.63. The fraction of sp³-hybridized carbons (Fsp3) is 0.667. The summed E-state index contributed by atoms with van der Waals surface area (Å²) in [7, 11) is 1.86. The third-order valence-electron chi connectivity index (χ3n) is 2.77. The molecule has 0 saturated heterocycles. The molecular formula is C12H22N4OS. The van der Waals surface area contributed by atoms with Crippen LogP contribution in [0.3, 0.4) is 0 Å². The highest BCUT2D eigenvalue weighted by Crippen LogP contribution is 2.10. The van der Waals surface area contributed by atoms with Gasteiger partial charge in [0.1, 0.15) is 0 Å². The zero-order valence-electron chi connectivity index (χ0n) is 11.4. The lowest BCUT2D eigenvalue weighted by molar-refractivity contribution is 0.234. The summed E-state index contributed by atoms with van der Waals surface area (Å²) in [5.74, 6) is 0.936. The van der Waals surface area contributed by atoms with Crippen LogP contribution in [-0.4, -0.2) is 33.9 Å². The molecule has 0 radical (unpaired) electrons. The first-order chi connectivity index (χ1) is 8.56. The summed E-state index contributed by atoms with van der Waals surface area (Å²) in [5, 5.41) is 9.99. The van der Waals surface area contributed by atoms with Crippen molar-refractivity contribution >= 4 is 17.8 Å². The van der Waals surface area contributed by atoms with Gasteiger partial charge in [-0.05, 0) is 19.6 Å². The number of nitrogens with one attached hydrogen (secondary N) is 2. The highest BCUT2D eigenvalue weighted by molar-refractivity contribution is 7.98. The van der Waals surface area contributed by atoms with Gasteiger partial charge in [0.05, 0.1) is 12.2 Å². The van der Waals surface area contributed by atoms with Crippen molar-refractivity contribution in [1.82, 2.24) is 20.4 Å². The predicted molar refractivity (Wildman–Crippen MR) is 75.8 cm³/mol. The lowest BCUT2D eigenvalue weighted by atomic mass is 10.2. The van der Waals surface area contributed by atoms with Crippen molar-refractivity contribution < 1.29 is 4.79 Å². The molecule has 1 heterocycles. The number of amides is 2. The molecule has 0 aliphatic heterocycles. The van der Waals surface area contributed by atoms with Crippen molar-refractivity contribution in [3.05, 3.63) is 18.0 Å². The van der Waals surface area contributed by atoms with Gasteiger partial charge in [0.2, 0.25) is 0 Å². The predicted octanol–water partition coefficient (Wildman–Crippen LogP) is 1.92. The van der Waals surface area contributed by atoms with Crippen molar-refractivity contribution in [1.29, 1.82) is 0 Å².